The summed E-state index contributed by atoms with van der Waals surface area (Å²) < 4.78 is 72.8. The van der Waals surface area contributed by atoms with E-state index in [1.165, 1.54) is 0 Å². The highest BCUT2D eigenvalue weighted by atomic mass is 32.3. The molecule has 4 nitrogen and oxygen atoms in total. The third-order valence-corrected chi connectivity index (χ3v) is 5.06. The summed E-state index contributed by atoms with van der Waals surface area (Å²) in [6, 6.07) is 8.48. The number of halogens is 3. The Balaban J connectivity index is 0.000000422. The van der Waals surface area contributed by atoms with Crippen LogP contribution < -0.4 is 0 Å². The Labute approximate surface area is 129 Å². The highest BCUT2D eigenvalue weighted by molar-refractivity contribution is 7.79. The fraction of sp³-hybridized carbons (Fsp3) is 0.385. The van der Waals surface area contributed by atoms with Gasteiger partial charge in [-0.3, -0.25) is 4.55 Å². The summed E-state index contributed by atoms with van der Waals surface area (Å²) in [6.07, 6.45) is 0. The molecule has 0 saturated heterocycles. The van der Waals surface area contributed by atoms with Gasteiger partial charge in [-0.2, -0.15) is 0 Å². The Kier molecular flexibility index (Phi) is 5.28. The standard InChI is InChI=1S/C13H14F3S.H2O4S/c1-12(2,3)11-8-9-6-4-5-7-10(9)17(11)13(14,15)16;1-5(2,3)4/h4-8H,1-3H3;(H2,1,2,3,4)/q+1;/p-1. The fourth-order valence-electron chi connectivity index (χ4n) is 1.88. The Hall–Kier alpha value is -1.16. The van der Waals surface area contributed by atoms with E-state index in [1.54, 1.807) is 30.3 Å². The monoisotopic (exact) mass is 356 g/mol. The molecule has 1 N–H and O–H groups in total. The SMILES string of the molecule is CC(C)(C)c1cc2ccccc2[s+]1C(F)(F)F.O=S(=O)([O-])O. The van der Waals surface area contributed by atoms with Gasteiger partial charge in [-0.05, 0) is 12.1 Å². The van der Waals surface area contributed by atoms with Gasteiger partial charge in [0.2, 0.25) is 10.4 Å². The Bertz CT molecular complexity index is 748. The van der Waals surface area contributed by atoms with Crippen molar-refractivity contribution in [1.29, 1.82) is 0 Å². The molecule has 0 aliphatic rings. The van der Waals surface area contributed by atoms with Gasteiger partial charge in [0.15, 0.2) is 9.58 Å². The van der Waals surface area contributed by atoms with Crippen LogP contribution in [0.5, 0.6) is 0 Å². The van der Waals surface area contributed by atoms with E-state index in [-0.39, 0.29) is 0 Å². The van der Waals surface area contributed by atoms with Crippen molar-refractivity contribution in [2.24, 2.45) is 0 Å². The van der Waals surface area contributed by atoms with Gasteiger partial charge in [0.1, 0.15) is 0 Å². The lowest BCUT2D eigenvalue weighted by Crippen LogP contribution is -2.12. The summed E-state index contributed by atoms with van der Waals surface area (Å²) in [5.41, 5.74) is -4.65. The molecule has 0 aliphatic heterocycles. The molecule has 0 amide bonds. The molecule has 0 aliphatic carbocycles. The average molecular weight is 356 g/mol. The molecule has 0 saturated carbocycles. The second kappa shape index (κ2) is 6.15. The number of hydrogen-bond acceptors (Lipinski definition) is 3. The Morgan fingerprint density at radius 1 is 1.14 bits per heavy atom. The van der Waals surface area contributed by atoms with Crippen LogP contribution in [0, 0.1) is 0 Å². The number of fused-ring (bicyclic) bond motifs is 1. The van der Waals surface area contributed by atoms with Crippen LogP contribution in [0.25, 0.3) is 10.1 Å². The summed E-state index contributed by atoms with van der Waals surface area (Å²) in [6.45, 7) is 5.49. The van der Waals surface area contributed by atoms with Gasteiger partial charge in [-0.1, -0.05) is 32.9 Å². The van der Waals surface area contributed by atoms with Crippen LogP contribution in [0.2, 0.25) is 0 Å². The van der Waals surface area contributed by atoms with Crippen LogP contribution in [0.1, 0.15) is 25.6 Å². The maximum Gasteiger partial charge on any atom is 0.600 e. The number of hydrogen-bond donors (Lipinski definition) is 1. The van der Waals surface area contributed by atoms with E-state index >= 15 is 0 Å². The summed E-state index contributed by atoms with van der Waals surface area (Å²) in [7, 11) is -6.68. The zero-order valence-corrected chi connectivity index (χ0v) is 13.6. The smallest absolute Gasteiger partial charge is 0.600 e. The Morgan fingerprint density at radius 2 is 1.59 bits per heavy atom. The molecular formula is C13H15F3O4S2. The van der Waals surface area contributed by atoms with Crippen molar-refractivity contribution in [1.82, 2.24) is 0 Å². The predicted octanol–water partition coefficient (Wildman–Crippen LogP) is 4.37. The molecule has 1 heterocycles. The average Bonchev–Trinajstić information content (AvgIpc) is 2.64. The third kappa shape index (κ3) is 5.24. The first-order chi connectivity index (χ1) is 9.71. The van der Waals surface area contributed by atoms with Crippen molar-refractivity contribution < 1.29 is 30.7 Å². The van der Waals surface area contributed by atoms with Crippen molar-refractivity contribution in [3.8, 4) is 0 Å². The largest absolute Gasteiger partial charge is 0.726 e. The van der Waals surface area contributed by atoms with Crippen molar-refractivity contribution in [3.05, 3.63) is 35.2 Å². The molecule has 22 heavy (non-hydrogen) atoms. The molecule has 124 valence electrons. The fourth-order valence-corrected chi connectivity index (χ4v) is 4.05. The second-order valence-corrected chi connectivity index (χ2v) is 8.29. The number of thiophene rings is 1. The van der Waals surface area contributed by atoms with Crippen LogP contribution in [0.3, 0.4) is 0 Å². The van der Waals surface area contributed by atoms with E-state index < -0.39 is 31.8 Å². The lowest BCUT2D eigenvalue weighted by atomic mass is 9.94. The lowest BCUT2D eigenvalue weighted by Gasteiger charge is -2.13. The topological polar surface area (TPSA) is 77.4 Å². The first-order valence-corrected chi connectivity index (χ1v) is 8.61. The minimum absolute atomic E-state index is 0.407. The summed E-state index contributed by atoms with van der Waals surface area (Å²) in [4.78, 5) is 0.478. The van der Waals surface area contributed by atoms with E-state index in [0.29, 0.717) is 15.0 Å². The molecule has 1 aromatic heterocycles. The van der Waals surface area contributed by atoms with Crippen LogP contribution in [0.4, 0.5) is 13.2 Å². The van der Waals surface area contributed by atoms with Crippen molar-refractivity contribution >= 4 is 31.0 Å². The van der Waals surface area contributed by atoms with E-state index in [2.05, 4.69) is 0 Å². The molecular weight excluding hydrogens is 341 g/mol. The Morgan fingerprint density at radius 3 is 2.00 bits per heavy atom. The predicted molar refractivity (Wildman–Crippen MR) is 78.8 cm³/mol. The van der Waals surface area contributed by atoms with E-state index in [0.717, 1.165) is 0 Å². The van der Waals surface area contributed by atoms with Crippen molar-refractivity contribution in [2.75, 3.05) is 0 Å². The minimum Gasteiger partial charge on any atom is -0.726 e. The summed E-state index contributed by atoms with van der Waals surface area (Å²) >= 11 is 0. The quantitative estimate of drug-likeness (QED) is 0.432. The normalized spacial score (nSPS) is 13.7. The van der Waals surface area contributed by atoms with Crippen molar-refractivity contribution in [3.63, 3.8) is 0 Å². The van der Waals surface area contributed by atoms with Crippen LogP contribution >= 0.6 is 10.5 Å². The lowest BCUT2D eigenvalue weighted by molar-refractivity contribution is -0.0869. The molecule has 2 aromatic rings. The summed E-state index contributed by atoms with van der Waals surface area (Å²) in [5.74, 6) is 0. The third-order valence-electron chi connectivity index (χ3n) is 2.62. The molecule has 1 atom stereocenters. The van der Waals surface area contributed by atoms with E-state index in [4.69, 9.17) is 17.5 Å². The van der Waals surface area contributed by atoms with Gasteiger partial charge < -0.3 is 4.55 Å². The molecule has 0 bridgehead atoms. The highest BCUT2D eigenvalue weighted by Gasteiger charge is 2.50. The second-order valence-electron chi connectivity index (χ2n) is 5.48. The first kappa shape index (κ1) is 18.9. The molecule has 9 heteroatoms. The van der Waals surface area contributed by atoms with E-state index in [9.17, 15) is 13.2 Å². The van der Waals surface area contributed by atoms with Crippen molar-refractivity contribution in [2.45, 2.75) is 31.7 Å². The van der Waals surface area contributed by atoms with Gasteiger partial charge in [-0.25, -0.2) is 8.42 Å². The highest BCUT2D eigenvalue weighted by Crippen LogP contribution is 2.53. The maximum absolute atomic E-state index is 13.2. The van der Waals surface area contributed by atoms with E-state index in [1.807, 2.05) is 20.8 Å². The maximum atomic E-state index is 13.2. The van der Waals surface area contributed by atoms with Gasteiger partial charge in [0, 0.05) is 16.9 Å². The van der Waals surface area contributed by atoms with Gasteiger partial charge in [0.25, 0.3) is 0 Å². The zero-order chi connectivity index (χ0) is 17.3. The molecule has 0 radical (unpaired) electrons. The first-order valence-electron chi connectivity index (χ1n) is 6.02. The minimum atomic E-state index is -4.92. The van der Waals surface area contributed by atoms with Gasteiger partial charge in [0.05, 0.1) is 10.5 Å². The van der Waals surface area contributed by atoms with Crippen LogP contribution in [-0.4, -0.2) is 17.5 Å². The van der Waals surface area contributed by atoms with Gasteiger partial charge in [-0.15, -0.1) is 13.2 Å². The molecule has 0 fully saturated rings. The van der Waals surface area contributed by atoms with Crippen LogP contribution in [0.15, 0.2) is 30.3 Å². The van der Waals surface area contributed by atoms with Crippen LogP contribution in [-0.2, 0) is 21.3 Å². The molecule has 0 spiro atoms. The molecule has 1 aromatic carbocycles. The summed E-state index contributed by atoms with van der Waals surface area (Å²) in [5, 5.41) is 0.707. The number of benzene rings is 1. The number of rotatable bonds is 0. The molecule has 1 unspecified atom stereocenters. The zero-order valence-electron chi connectivity index (χ0n) is 12.0. The number of alkyl halides is 3. The molecule has 2 rings (SSSR count). The van der Waals surface area contributed by atoms with Gasteiger partial charge >= 0.3 is 5.51 Å².